The highest BCUT2D eigenvalue weighted by Crippen LogP contribution is 2.23. The lowest BCUT2D eigenvalue weighted by molar-refractivity contribution is 0.0584. The van der Waals surface area contributed by atoms with Gasteiger partial charge in [-0.15, -0.1) is 0 Å². The quantitative estimate of drug-likeness (QED) is 0.669. The molecule has 2 aromatic heterocycles. The molecule has 3 rings (SSSR count). The van der Waals surface area contributed by atoms with E-state index in [0.717, 1.165) is 43.6 Å². The van der Waals surface area contributed by atoms with E-state index in [1.807, 2.05) is 38.2 Å². The molecule has 0 aromatic carbocycles. The van der Waals surface area contributed by atoms with E-state index in [0.29, 0.717) is 25.5 Å². The van der Waals surface area contributed by atoms with Gasteiger partial charge in [-0.1, -0.05) is 6.07 Å². The van der Waals surface area contributed by atoms with Crippen molar-refractivity contribution in [1.82, 2.24) is 19.7 Å². The Bertz CT molecular complexity index is 729. The second-order valence-corrected chi connectivity index (χ2v) is 7.10. The summed E-state index contributed by atoms with van der Waals surface area (Å²) in [5.41, 5.74) is 2.64. The third-order valence-corrected chi connectivity index (χ3v) is 5.12. The highest BCUT2D eigenvalue weighted by atomic mass is 16.5. The van der Waals surface area contributed by atoms with E-state index in [1.54, 1.807) is 4.68 Å². The minimum atomic E-state index is 0.0952. The fourth-order valence-corrected chi connectivity index (χ4v) is 3.76. The highest BCUT2D eigenvalue weighted by Gasteiger charge is 2.29. The van der Waals surface area contributed by atoms with Crippen molar-refractivity contribution in [3.63, 3.8) is 0 Å². The molecule has 1 saturated heterocycles. The average molecular weight is 370 g/mol. The van der Waals surface area contributed by atoms with Gasteiger partial charge in [-0.25, -0.2) is 0 Å². The van der Waals surface area contributed by atoms with Crippen LogP contribution in [-0.4, -0.2) is 51.4 Å². The number of pyridine rings is 1. The van der Waals surface area contributed by atoms with Gasteiger partial charge in [-0.05, 0) is 64.2 Å². The van der Waals surface area contributed by atoms with Gasteiger partial charge in [0.1, 0.15) is 5.69 Å². The summed E-state index contributed by atoms with van der Waals surface area (Å²) in [6.45, 7) is 6.58. The Kier molecular flexibility index (Phi) is 6.98. The fraction of sp³-hybridized carbons (Fsp3) is 0.571. The SMILES string of the molecule is CCOCCn1nc(C)cc1C(=O)N1CCCC[C@@H]1CCc1ccccn1. The molecule has 0 bridgehead atoms. The summed E-state index contributed by atoms with van der Waals surface area (Å²) in [4.78, 5) is 19.8. The smallest absolute Gasteiger partial charge is 0.272 e. The van der Waals surface area contributed by atoms with Gasteiger partial charge in [0, 0.05) is 31.1 Å². The first-order chi connectivity index (χ1) is 13.2. The number of rotatable bonds is 8. The first kappa shape index (κ1) is 19.5. The van der Waals surface area contributed by atoms with Crippen LogP contribution in [0.4, 0.5) is 0 Å². The molecule has 146 valence electrons. The van der Waals surface area contributed by atoms with Gasteiger partial charge >= 0.3 is 0 Å². The molecular formula is C21H30N4O2. The van der Waals surface area contributed by atoms with Gasteiger partial charge in [0.05, 0.1) is 18.8 Å². The van der Waals surface area contributed by atoms with Crippen molar-refractivity contribution in [2.45, 2.75) is 58.5 Å². The number of piperidine rings is 1. The lowest BCUT2D eigenvalue weighted by atomic mass is 9.96. The van der Waals surface area contributed by atoms with Crippen LogP contribution >= 0.6 is 0 Å². The number of carbonyl (C=O) groups is 1. The number of nitrogens with zero attached hydrogens (tertiary/aromatic N) is 4. The Morgan fingerprint density at radius 3 is 3.00 bits per heavy atom. The number of aryl methyl sites for hydroxylation is 2. The minimum Gasteiger partial charge on any atom is -0.380 e. The molecule has 1 aliphatic heterocycles. The Hall–Kier alpha value is -2.21. The van der Waals surface area contributed by atoms with E-state index in [9.17, 15) is 4.79 Å². The summed E-state index contributed by atoms with van der Waals surface area (Å²) < 4.78 is 7.25. The first-order valence-electron chi connectivity index (χ1n) is 10.0. The molecule has 27 heavy (non-hydrogen) atoms. The molecule has 1 atom stereocenters. The molecule has 1 amide bonds. The van der Waals surface area contributed by atoms with E-state index in [1.165, 1.54) is 6.42 Å². The molecule has 0 N–H and O–H groups in total. The lowest BCUT2D eigenvalue weighted by Gasteiger charge is -2.36. The second kappa shape index (κ2) is 9.65. The van der Waals surface area contributed by atoms with Crippen LogP contribution in [0.15, 0.2) is 30.5 Å². The van der Waals surface area contributed by atoms with Crippen molar-refractivity contribution < 1.29 is 9.53 Å². The van der Waals surface area contributed by atoms with Crippen LogP contribution in [0, 0.1) is 6.92 Å². The van der Waals surface area contributed by atoms with Crippen LogP contribution < -0.4 is 0 Å². The molecule has 0 aliphatic carbocycles. The predicted octanol–water partition coefficient (Wildman–Crippen LogP) is 3.25. The summed E-state index contributed by atoms with van der Waals surface area (Å²) >= 11 is 0. The second-order valence-electron chi connectivity index (χ2n) is 7.10. The maximum atomic E-state index is 13.3. The van der Waals surface area contributed by atoms with Crippen LogP contribution in [0.25, 0.3) is 0 Å². The highest BCUT2D eigenvalue weighted by molar-refractivity contribution is 5.93. The number of hydrogen-bond donors (Lipinski definition) is 0. The van der Waals surface area contributed by atoms with Gasteiger partial charge in [-0.3, -0.25) is 14.5 Å². The van der Waals surface area contributed by atoms with Gasteiger partial charge in [-0.2, -0.15) is 5.10 Å². The Morgan fingerprint density at radius 1 is 1.33 bits per heavy atom. The van der Waals surface area contributed by atoms with E-state index in [-0.39, 0.29) is 11.9 Å². The van der Waals surface area contributed by atoms with Gasteiger partial charge in [0.25, 0.3) is 5.91 Å². The lowest BCUT2D eigenvalue weighted by Crippen LogP contribution is -2.44. The van der Waals surface area contributed by atoms with Crippen LogP contribution in [0.3, 0.4) is 0 Å². The van der Waals surface area contributed by atoms with Gasteiger partial charge < -0.3 is 9.64 Å². The number of hydrogen-bond acceptors (Lipinski definition) is 4. The maximum absolute atomic E-state index is 13.3. The van der Waals surface area contributed by atoms with Crippen LogP contribution in [0.1, 0.15) is 54.5 Å². The van der Waals surface area contributed by atoms with E-state index < -0.39 is 0 Å². The molecule has 2 aromatic rings. The van der Waals surface area contributed by atoms with Crippen LogP contribution in [-0.2, 0) is 17.7 Å². The number of likely N-dealkylation sites (tertiary alicyclic amines) is 1. The summed E-state index contributed by atoms with van der Waals surface area (Å²) in [5, 5.41) is 4.50. The monoisotopic (exact) mass is 370 g/mol. The van der Waals surface area contributed by atoms with E-state index in [4.69, 9.17) is 4.74 Å². The summed E-state index contributed by atoms with van der Waals surface area (Å²) in [7, 11) is 0. The molecule has 0 unspecified atom stereocenters. The molecule has 6 heteroatoms. The summed E-state index contributed by atoms with van der Waals surface area (Å²) in [6.07, 6.45) is 6.99. The molecule has 3 heterocycles. The zero-order valence-corrected chi connectivity index (χ0v) is 16.4. The topological polar surface area (TPSA) is 60.3 Å². The third-order valence-electron chi connectivity index (χ3n) is 5.12. The molecule has 6 nitrogen and oxygen atoms in total. The number of aromatic nitrogens is 3. The Balaban J connectivity index is 1.69. The molecule has 1 fully saturated rings. The van der Waals surface area contributed by atoms with E-state index >= 15 is 0 Å². The molecular weight excluding hydrogens is 340 g/mol. The zero-order chi connectivity index (χ0) is 19.1. The first-order valence-corrected chi connectivity index (χ1v) is 10.0. The maximum Gasteiger partial charge on any atom is 0.272 e. The van der Waals surface area contributed by atoms with Crippen molar-refractivity contribution >= 4 is 5.91 Å². The summed E-state index contributed by atoms with van der Waals surface area (Å²) in [5.74, 6) is 0.0952. The Labute approximate surface area is 161 Å². The van der Waals surface area contributed by atoms with Crippen molar-refractivity contribution in [3.8, 4) is 0 Å². The number of amides is 1. The molecule has 0 spiro atoms. The number of ether oxygens (including phenoxy) is 1. The fourth-order valence-electron chi connectivity index (χ4n) is 3.76. The predicted molar refractivity (Wildman–Crippen MR) is 105 cm³/mol. The standard InChI is InChI=1S/C21H30N4O2/c1-3-27-15-14-25-20(16-17(2)23-25)21(26)24-13-7-5-9-19(24)11-10-18-8-4-6-12-22-18/h4,6,8,12,16,19H,3,5,7,9-11,13-15H2,1-2H3/t19-/m1/s1. The summed E-state index contributed by atoms with van der Waals surface area (Å²) in [6, 6.07) is 8.18. The molecule has 1 aliphatic rings. The van der Waals surface area contributed by atoms with Crippen molar-refractivity contribution in [2.24, 2.45) is 0 Å². The Morgan fingerprint density at radius 2 is 2.22 bits per heavy atom. The minimum absolute atomic E-state index is 0.0952. The molecule has 0 saturated carbocycles. The van der Waals surface area contributed by atoms with E-state index in [2.05, 4.69) is 21.0 Å². The average Bonchev–Trinajstić information content (AvgIpc) is 3.07. The van der Waals surface area contributed by atoms with Crippen molar-refractivity contribution in [2.75, 3.05) is 19.8 Å². The number of carbonyl (C=O) groups excluding carboxylic acids is 1. The van der Waals surface area contributed by atoms with Gasteiger partial charge in [0.15, 0.2) is 0 Å². The zero-order valence-electron chi connectivity index (χ0n) is 16.4. The normalized spacial score (nSPS) is 17.3. The van der Waals surface area contributed by atoms with Crippen LogP contribution in [0.2, 0.25) is 0 Å². The van der Waals surface area contributed by atoms with Gasteiger partial charge in [0.2, 0.25) is 0 Å². The van der Waals surface area contributed by atoms with Crippen LogP contribution in [0.5, 0.6) is 0 Å². The van der Waals surface area contributed by atoms with Crippen molar-refractivity contribution in [1.29, 1.82) is 0 Å². The molecule has 0 radical (unpaired) electrons. The largest absolute Gasteiger partial charge is 0.380 e. The van der Waals surface area contributed by atoms with Crippen molar-refractivity contribution in [3.05, 3.63) is 47.5 Å². The third kappa shape index (κ3) is 5.16.